The monoisotopic (exact) mass is 304 g/mol. The Morgan fingerprint density at radius 2 is 1.86 bits per heavy atom. The minimum atomic E-state index is 0.515. The fourth-order valence-corrected chi connectivity index (χ4v) is 3.70. The molecule has 0 unspecified atom stereocenters. The van der Waals surface area contributed by atoms with Gasteiger partial charge in [-0.05, 0) is 43.4 Å². The number of piperazine rings is 1. The zero-order valence-corrected chi connectivity index (χ0v) is 13.6. The van der Waals surface area contributed by atoms with Crippen LogP contribution in [0, 0.1) is 5.92 Å². The van der Waals surface area contributed by atoms with E-state index in [0.29, 0.717) is 12.0 Å². The highest BCUT2D eigenvalue weighted by atomic mass is 16.5. The lowest BCUT2D eigenvalue weighted by atomic mass is 9.85. The van der Waals surface area contributed by atoms with E-state index in [1.807, 2.05) is 6.92 Å². The predicted octanol–water partition coefficient (Wildman–Crippen LogP) is 2.46. The maximum Gasteiger partial charge on any atom is 0.119 e. The van der Waals surface area contributed by atoms with Gasteiger partial charge in [0.15, 0.2) is 0 Å². The molecule has 0 amide bonds. The second-order valence-electron chi connectivity index (χ2n) is 6.18. The van der Waals surface area contributed by atoms with E-state index in [1.54, 1.807) is 0 Å². The molecule has 4 heteroatoms. The number of rotatable bonds is 5. The van der Waals surface area contributed by atoms with Crippen LogP contribution < -0.4 is 10.1 Å². The average Bonchev–Trinajstić information content (AvgIpc) is 2.59. The Kier molecular flexibility index (Phi) is 5.70. The molecule has 1 N–H and O–H groups in total. The Labute approximate surface area is 133 Å². The molecule has 2 fully saturated rings. The molecule has 0 radical (unpaired) electrons. The first-order valence-corrected chi connectivity index (χ1v) is 8.63. The Bertz CT molecular complexity index is 419. The molecule has 1 aromatic carbocycles. The van der Waals surface area contributed by atoms with Gasteiger partial charge in [0.2, 0.25) is 0 Å². The molecule has 2 saturated heterocycles. The lowest BCUT2D eigenvalue weighted by molar-refractivity contribution is 0.0213. The molecular weight excluding hydrogens is 276 g/mol. The number of nitrogens with one attached hydrogen (secondary N) is 1. The van der Waals surface area contributed by atoms with Gasteiger partial charge in [-0.2, -0.15) is 0 Å². The molecule has 1 atom stereocenters. The van der Waals surface area contributed by atoms with Crippen molar-refractivity contribution in [2.45, 2.75) is 25.8 Å². The fourth-order valence-electron chi connectivity index (χ4n) is 3.70. The van der Waals surface area contributed by atoms with Crippen LogP contribution in [0.4, 0.5) is 0 Å². The largest absolute Gasteiger partial charge is 0.494 e. The van der Waals surface area contributed by atoms with Crippen LogP contribution in [0.5, 0.6) is 5.75 Å². The summed E-state index contributed by atoms with van der Waals surface area (Å²) in [5, 5.41) is 3.46. The smallest absolute Gasteiger partial charge is 0.119 e. The van der Waals surface area contributed by atoms with Gasteiger partial charge in [0, 0.05) is 45.4 Å². The van der Waals surface area contributed by atoms with Crippen LogP contribution in [0.2, 0.25) is 0 Å². The third kappa shape index (κ3) is 3.80. The number of ether oxygens (including phenoxy) is 2. The van der Waals surface area contributed by atoms with E-state index in [2.05, 4.69) is 34.5 Å². The van der Waals surface area contributed by atoms with Crippen LogP contribution in [0.15, 0.2) is 24.3 Å². The molecule has 2 aliphatic rings. The number of nitrogens with zero attached hydrogens (tertiary/aromatic N) is 1. The fraction of sp³-hybridized carbons (Fsp3) is 0.667. The summed E-state index contributed by atoms with van der Waals surface area (Å²) in [6, 6.07) is 9.27. The van der Waals surface area contributed by atoms with Crippen molar-refractivity contribution in [3.05, 3.63) is 29.8 Å². The first-order valence-electron chi connectivity index (χ1n) is 8.63. The second-order valence-corrected chi connectivity index (χ2v) is 6.18. The SMILES string of the molecule is CCOc1ccc([C@H](C2CCOCC2)N2CCNCC2)cc1. The Balaban J connectivity index is 1.79. The van der Waals surface area contributed by atoms with E-state index in [4.69, 9.17) is 9.47 Å². The summed E-state index contributed by atoms with van der Waals surface area (Å²) in [6.07, 6.45) is 2.34. The number of hydrogen-bond acceptors (Lipinski definition) is 4. The number of benzene rings is 1. The van der Waals surface area contributed by atoms with Gasteiger partial charge < -0.3 is 14.8 Å². The van der Waals surface area contributed by atoms with Gasteiger partial charge in [-0.15, -0.1) is 0 Å². The molecule has 3 rings (SSSR count). The van der Waals surface area contributed by atoms with E-state index in [-0.39, 0.29) is 0 Å². The summed E-state index contributed by atoms with van der Waals surface area (Å²) in [6.45, 7) is 9.02. The molecule has 122 valence electrons. The summed E-state index contributed by atoms with van der Waals surface area (Å²) >= 11 is 0. The van der Waals surface area contributed by atoms with Crippen molar-refractivity contribution in [1.29, 1.82) is 0 Å². The van der Waals surface area contributed by atoms with Crippen LogP contribution in [0.3, 0.4) is 0 Å². The third-order valence-electron chi connectivity index (χ3n) is 4.79. The van der Waals surface area contributed by atoms with E-state index < -0.39 is 0 Å². The van der Waals surface area contributed by atoms with Crippen molar-refractivity contribution in [3.8, 4) is 5.75 Å². The molecule has 0 spiro atoms. The molecule has 2 aliphatic heterocycles. The van der Waals surface area contributed by atoms with Gasteiger partial charge in [-0.1, -0.05) is 12.1 Å². The molecule has 0 aliphatic carbocycles. The van der Waals surface area contributed by atoms with E-state index >= 15 is 0 Å². The average molecular weight is 304 g/mol. The second kappa shape index (κ2) is 7.95. The zero-order chi connectivity index (χ0) is 15.2. The highest BCUT2D eigenvalue weighted by Crippen LogP contribution is 2.35. The number of hydrogen-bond donors (Lipinski definition) is 1. The summed E-state index contributed by atoms with van der Waals surface area (Å²) in [4.78, 5) is 2.65. The first-order chi connectivity index (χ1) is 10.9. The van der Waals surface area contributed by atoms with Crippen molar-refractivity contribution >= 4 is 0 Å². The molecule has 0 aromatic heterocycles. The molecule has 0 saturated carbocycles. The normalized spacial score (nSPS) is 22.4. The van der Waals surface area contributed by atoms with Gasteiger partial charge in [0.1, 0.15) is 5.75 Å². The Hall–Kier alpha value is -1.10. The maximum atomic E-state index is 5.59. The van der Waals surface area contributed by atoms with Crippen molar-refractivity contribution in [2.24, 2.45) is 5.92 Å². The van der Waals surface area contributed by atoms with Gasteiger partial charge in [-0.25, -0.2) is 0 Å². The van der Waals surface area contributed by atoms with Crippen molar-refractivity contribution in [2.75, 3.05) is 46.0 Å². The summed E-state index contributed by atoms with van der Waals surface area (Å²) < 4.78 is 11.2. The minimum absolute atomic E-state index is 0.515. The Morgan fingerprint density at radius 3 is 2.50 bits per heavy atom. The van der Waals surface area contributed by atoms with Gasteiger partial charge in [0.05, 0.1) is 6.61 Å². The summed E-state index contributed by atoms with van der Waals surface area (Å²) in [7, 11) is 0. The van der Waals surface area contributed by atoms with Crippen molar-refractivity contribution in [3.63, 3.8) is 0 Å². The quantitative estimate of drug-likeness (QED) is 0.906. The summed E-state index contributed by atoms with van der Waals surface area (Å²) in [5.41, 5.74) is 1.43. The molecule has 4 nitrogen and oxygen atoms in total. The van der Waals surface area contributed by atoms with E-state index in [9.17, 15) is 0 Å². The highest BCUT2D eigenvalue weighted by Gasteiger charge is 2.31. The van der Waals surface area contributed by atoms with Crippen molar-refractivity contribution in [1.82, 2.24) is 10.2 Å². The van der Waals surface area contributed by atoms with E-state index in [1.165, 1.54) is 18.4 Å². The highest BCUT2D eigenvalue weighted by molar-refractivity contribution is 5.30. The minimum Gasteiger partial charge on any atom is -0.494 e. The molecular formula is C18H28N2O2. The molecule has 0 bridgehead atoms. The summed E-state index contributed by atoms with van der Waals surface area (Å²) in [5.74, 6) is 1.67. The third-order valence-corrected chi connectivity index (χ3v) is 4.79. The van der Waals surface area contributed by atoms with Crippen LogP contribution >= 0.6 is 0 Å². The van der Waals surface area contributed by atoms with E-state index in [0.717, 1.165) is 51.7 Å². The first kappa shape index (κ1) is 15.8. The van der Waals surface area contributed by atoms with Gasteiger partial charge in [0.25, 0.3) is 0 Å². The van der Waals surface area contributed by atoms with Crippen molar-refractivity contribution < 1.29 is 9.47 Å². The molecule has 22 heavy (non-hydrogen) atoms. The Morgan fingerprint density at radius 1 is 1.18 bits per heavy atom. The molecule has 1 aromatic rings. The van der Waals surface area contributed by atoms with Crippen LogP contribution in [-0.4, -0.2) is 50.9 Å². The lowest BCUT2D eigenvalue weighted by Crippen LogP contribution is -2.47. The van der Waals surface area contributed by atoms with Crippen LogP contribution in [0.1, 0.15) is 31.4 Å². The lowest BCUT2D eigenvalue weighted by Gasteiger charge is -2.41. The van der Waals surface area contributed by atoms with Crippen LogP contribution in [-0.2, 0) is 4.74 Å². The molecule has 2 heterocycles. The van der Waals surface area contributed by atoms with Crippen LogP contribution in [0.25, 0.3) is 0 Å². The van der Waals surface area contributed by atoms with Gasteiger partial charge in [-0.3, -0.25) is 4.90 Å². The van der Waals surface area contributed by atoms with Gasteiger partial charge >= 0.3 is 0 Å². The topological polar surface area (TPSA) is 33.7 Å². The zero-order valence-electron chi connectivity index (χ0n) is 13.6. The maximum absolute atomic E-state index is 5.59. The predicted molar refractivity (Wildman–Crippen MR) is 88.3 cm³/mol. The standard InChI is InChI=1S/C18H28N2O2/c1-2-22-17-5-3-15(4-6-17)18(16-7-13-21-14-8-16)20-11-9-19-10-12-20/h3-6,16,18-19H,2,7-14H2,1H3/t18-/m1/s1.